The van der Waals surface area contributed by atoms with Gasteiger partial charge in [0, 0.05) is 24.4 Å². The summed E-state index contributed by atoms with van der Waals surface area (Å²) in [4.78, 5) is 40.6. The number of rotatable bonds is 10. The molecular weight excluding hydrogens is 534 g/mol. The average Bonchev–Trinajstić information content (AvgIpc) is 2.96. The summed E-state index contributed by atoms with van der Waals surface area (Å²) >= 11 is 0. The summed E-state index contributed by atoms with van der Waals surface area (Å²) in [5.41, 5.74) is 1.43. The van der Waals surface area contributed by atoms with Gasteiger partial charge in [-0.2, -0.15) is 0 Å². The maximum atomic E-state index is 12.7. The fourth-order valence-electron chi connectivity index (χ4n) is 4.27. The van der Waals surface area contributed by atoms with E-state index in [0.717, 1.165) is 51.1 Å². The van der Waals surface area contributed by atoms with Gasteiger partial charge < -0.3 is 14.8 Å². The van der Waals surface area contributed by atoms with Crippen molar-refractivity contribution in [2.24, 2.45) is 0 Å². The maximum Gasteiger partial charge on any atom is 0.515 e. The standard InChI is InChI=1S/C29H31N3O7S/c33-27(30-19-7-10-21-8-3-1-4-9-21)22-13-16-25(17-14-22)40(36,37)32-28(34)23-15-18-26(31-20-23)39-29(35)38-24-11-5-2-6-12-24/h1,3-4,8-9,13-18,20,24H,2,5-7,10-12,19H2,(H,30,33)(H,32,34). The number of carbonyl (C=O) groups excluding carboxylic acids is 3. The molecule has 4 rings (SSSR count). The SMILES string of the molecule is O=C(Oc1ccc(C(=O)NS(=O)(=O)c2ccc(C(=O)NCCCc3ccccc3)cc2)cn1)OC1CCCCC1. The Kier molecular flexibility index (Phi) is 9.85. The van der Waals surface area contributed by atoms with Gasteiger partial charge >= 0.3 is 6.16 Å². The lowest BCUT2D eigenvalue weighted by Gasteiger charge is -2.20. The molecule has 0 spiro atoms. The molecule has 1 aliphatic rings. The Morgan fingerprint density at radius 3 is 2.23 bits per heavy atom. The van der Waals surface area contributed by atoms with E-state index in [9.17, 15) is 22.8 Å². The summed E-state index contributed by atoms with van der Waals surface area (Å²) in [6, 6.07) is 17.8. The topological polar surface area (TPSA) is 141 Å². The van der Waals surface area contributed by atoms with E-state index in [2.05, 4.69) is 10.3 Å². The van der Waals surface area contributed by atoms with E-state index in [4.69, 9.17) is 9.47 Å². The Morgan fingerprint density at radius 2 is 1.55 bits per heavy atom. The van der Waals surface area contributed by atoms with Crippen LogP contribution in [0.15, 0.2) is 77.8 Å². The van der Waals surface area contributed by atoms with Crippen LogP contribution in [0.25, 0.3) is 0 Å². The minimum atomic E-state index is -4.21. The minimum Gasteiger partial charge on any atom is -0.431 e. The van der Waals surface area contributed by atoms with Gasteiger partial charge in [0.05, 0.1) is 10.5 Å². The van der Waals surface area contributed by atoms with E-state index >= 15 is 0 Å². The zero-order valence-corrected chi connectivity index (χ0v) is 22.7. The number of benzene rings is 2. The number of carbonyl (C=O) groups is 3. The number of aromatic nitrogens is 1. The number of ether oxygens (including phenoxy) is 2. The number of nitrogens with zero attached hydrogens (tertiary/aromatic N) is 1. The lowest BCUT2D eigenvalue weighted by atomic mass is 9.98. The number of aryl methyl sites for hydroxylation is 1. The Bertz CT molecular complexity index is 1400. The third-order valence-corrected chi connectivity index (χ3v) is 7.77. The van der Waals surface area contributed by atoms with Crippen molar-refractivity contribution in [3.05, 3.63) is 89.6 Å². The molecular formula is C29H31N3O7S. The Hall–Kier alpha value is -4.25. The molecule has 2 aromatic carbocycles. The highest BCUT2D eigenvalue weighted by Gasteiger charge is 2.21. The number of hydrogen-bond donors (Lipinski definition) is 2. The van der Waals surface area contributed by atoms with Crippen LogP contribution < -0.4 is 14.8 Å². The van der Waals surface area contributed by atoms with Crippen LogP contribution in [0.1, 0.15) is 64.8 Å². The summed E-state index contributed by atoms with van der Waals surface area (Å²) in [5.74, 6) is -1.31. The predicted octanol–water partition coefficient (Wildman–Crippen LogP) is 4.41. The monoisotopic (exact) mass is 565 g/mol. The van der Waals surface area contributed by atoms with Crippen molar-refractivity contribution in [2.75, 3.05) is 6.54 Å². The van der Waals surface area contributed by atoms with E-state index < -0.39 is 22.1 Å². The van der Waals surface area contributed by atoms with Gasteiger partial charge in [-0.3, -0.25) is 9.59 Å². The van der Waals surface area contributed by atoms with Crippen LogP contribution in [-0.4, -0.2) is 44.0 Å². The fourth-order valence-corrected chi connectivity index (χ4v) is 5.24. The quantitative estimate of drug-likeness (QED) is 0.272. The molecule has 0 bridgehead atoms. The van der Waals surface area contributed by atoms with Crippen LogP contribution >= 0.6 is 0 Å². The van der Waals surface area contributed by atoms with Crippen LogP contribution in [0.4, 0.5) is 4.79 Å². The molecule has 2 N–H and O–H groups in total. The van der Waals surface area contributed by atoms with Crippen LogP contribution in [0.5, 0.6) is 5.88 Å². The molecule has 1 aliphatic carbocycles. The normalized spacial score (nSPS) is 13.7. The molecule has 0 atom stereocenters. The molecule has 0 saturated heterocycles. The van der Waals surface area contributed by atoms with Crippen molar-refractivity contribution in [2.45, 2.75) is 55.9 Å². The molecule has 1 heterocycles. The Morgan fingerprint density at radius 1 is 0.850 bits per heavy atom. The third kappa shape index (κ3) is 8.37. The van der Waals surface area contributed by atoms with E-state index in [0.29, 0.717) is 12.1 Å². The lowest BCUT2D eigenvalue weighted by Crippen LogP contribution is -2.31. The van der Waals surface area contributed by atoms with Gasteiger partial charge in [-0.25, -0.2) is 22.9 Å². The van der Waals surface area contributed by atoms with Crippen molar-refractivity contribution in [3.8, 4) is 5.88 Å². The summed E-state index contributed by atoms with van der Waals surface area (Å²) in [6.07, 6.45) is 6.34. The van der Waals surface area contributed by atoms with Gasteiger partial charge in [0.25, 0.3) is 21.8 Å². The molecule has 1 saturated carbocycles. The predicted molar refractivity (Wildman–Crippen MR) is 146 cm³/mol. The fraction of sp³-hybridized carbons (Fsp3) is 0.310. The van der Waals surface area contributed by atoms with Crippen molar-refractivity contribution in [1.82, 2.24) is 15.0 Å². The van der Waals surface area contributed by atoms with Gasteiger partial charge in [-0.1, -0.05) is 36.8 Å². The number of sulfonamides is 1. The smallest absolute Gasteiger partial charge is 0.431 e. The van der Waals surface area contributed by atoms with Crippen molar-refractivity contribution in [1.29, 1.82) is 0 Å². The summed E-state index contributed by atoms with van der Waals surface area (Å²) in [5, 5.41) is 2.81. The van der Waals surface area contributed by atoms with Gasteiger partial charge in [0.2, 0.25) is 5.88 Å². The van der Waals surface area contributed by atoms with Crippen LogP contribution in [0.3, 0.4) is 0 Å². The number of amides is 2. The molecule has 11 heteroatoms. The van der Waals surface area contributed by atoms with Gasteiger partial charge in [0.15, 0.2) is 0 Å². The maximum absolute atomic E-state index is 12.7. The molecule has 0 aliphatic heterocycles. The summed E-state index contributed by atoms with van der Waals surface area (Å²) < 4.78 is 37.7. The number of nitrogens with one attached hydrogen (secondary N) is 2. The van der Waals surface area contributed by atoms with E-state index in [1.165, 1.54) is 42.0 Å². The number of hydrogen-bond acceptors (Lipinski definition) is 8. The second-order valence-corrected chi connectivity index (χ2v) is 11.1. The molecule has 1 fully saturated rings. The molecule has 0 radical (unpaired) electrons. The first kappa shape index (κ1) is 28.8. The van der Waals surface area contributed by atoms with E-state index in [1.807, 2.05) is 35.1 Å². The molecule has 1 aromatic heterocycles. The van der Waals surface area contributed by atoms with E-state index in [-0.39, 0.29) is 28.4 Å². The Balaban J connectivity index is 1.25. The zero-order valence-electron chi connectivity index (χ0n) is 21.9. The van der Waals surface area contributed by atoms with Gasteiger partial charge in [-0.15, -0.1) is 0 Å². The van der Waals surface area contributed by atoms with Crippen LogP contribution in [-0.2, 0) is 21.2 Å². The van der Waals surface area contributed by atoms with Crippen molar-refractivity contribution < 1.29 is 32.3 Å². The largest absolute Gasteiger partial charge is 0.515 e. The number of pyridine rings is 1. The first-order valence-corrected chi connectivity index (χ1v) is 14.6. The second kappa shape index (κ2) is 13.7. The average molecular weight is 566 g/mol. The van der Waals surface area contributed by atoms with Crippen LogP contribution in [0, 0.1) is 0 Å². The van der Waals surface area contributed by atoms with Crippen LogP contribution in [0.2, 0.25) is 0 Å². The molecule has 40 heavy (non-hydrogen) atoms. The first-order chi connectivity index (χ1) is 19.3. The first-order valence-electron chi connectivity index (χ1n) is 13.1. The molecule has 3 aromatic rings. The third-order valence-electron chi connectivity index (χ3n) is 6.43. The molecule has 2 amide bonds. The highest BCUT2D eigenvalue weighted by Crippen LogP contribution is 2.21. The van der Waals surface area contributed by atoms with Crippen molar-refractivity contribution in [3.63, 3.8) is 0 Å². The van der Waals surface area contributed by atoms with Gasteiger partial charge in [-0.05, 0) is 74.4 Å². The highest BCUT2D eigenvalue weighted by molar-refractivity contribution is 7.90. The highest BCUT2D eigenvalue weighted by atomic mass is 32.2. The summed E-state index contributed by atoms with van der Waals surface area (Å²) in [7, 11) is -4.21. The lowest BCUT2D eigenvalue weighted by molar-refractivity contribution is 0.0407. The Labute approximate surface area is 233 Å². The zero-order chi connectivity index (χ0) is 28.4. The molecule has 210 valence electrons. The van der Waals surface area contributed by atoms with E-state index in [1.54, 1.807) is 0 Å². The minimum absolute atomic E-state index is 0.0527. The molecule has 10 nitrogen and oxygen atoms in total. The van der Waals surface area contributed by atoms with Gasteiger partial charge in [0.1, 0.15) is 6.10 Å². The van der Waals surface area contributed by atoms with Crippen molar-refractivity contribution >= 4 is 28.0 Å². The summed E-state index contributed by atoms with van der Waals surface area (Å²) in [6.45, 7) is 0.476. The molecule has 0 unspecified atom stereocenters. The second-order valence-electron chi connectivity index (χ2n) is 9.42.